The van der Waals surface area contributed by atoms with Crippen molar-refractivity contribution >= 4 is 17.2 Å². The number of amides is 1. The van der Waals surface area contributed by atoms with E-state index in [1.165, 1.54) is 4.88 Å². The maximum Gasteiger partial charge on any atom is 0.224 e. The summed E-state index contributed by atoms with van der Waals surface area (Å²) in [7, 11) is 0. The lowest BCUT2D eigenvalue weighted by atomic mass is 10.1. The number of carbonyl (C=O) groups is 1. The maximum absolute atomic E-state index is 12.1. The van der Waals surface area contributed by atoms with Gasteiger partial charge in [0.1, 0.15) is 0 Å². The minimum Gasteiger partial charge on any atom is -0.352 e. The zero-order valence-corrected chi connectivity index (χ0v) is 14.8. The maximum atomic E-state index is 12.1. The number of nitrogens with zero attached hydrogens (tertiary/aromatic N) is 2. The molecular formula is C18H20N4OS. The SMILES string of the molecule is Cc1ncsc1-c1ccc(CNC(=O)Cc2c(C)n[nH]c2C)cc1. The predicted molar refractivity (Wildman–Crippen MR) is 95.9 cm³/mol. The predicted octanol–water partition coefficient (Wildman–Crippen LogP) is 3.32. The lowest BCUT2D eigenvalue weighted by molar-refractivity contribution is -0.120. The van der Waals surface area contributed by atoms with Crippen molar-refractivity contribution in [2.75, 3.05) is 0 Å². The molecule has 124 valence electrons. The number of benzene rings is 1. The molecule has 6 heteroatoms. The molecule has 0 aliphatic heterocycles. The Morgan fingerprint density at radius 2 is 1.92 bits per heavy atom. The average Bonchev–Trinajstić information content (AvgIpc) is 3.14. The number of thiazole rings is 1. The Balaban J connectivity index is 1.59. The van der Waals surface area contributed by atoms with Gasteiger partial charge in [-0.25, -0.2) is 4.98 Å². The van der Waals surface area contributed by atoms with E-state index in [1.807, 2.05) is 38.4 Å². The molecule has 3 aromatic rings. The van der Waals surface area contributed by atoms with Gasteiger partial charge in [-0.2, -0.15) is 5.10 Å². The molecule has 0 atom stereocenters. The van der Waals surface area contributed by atoms with Crippen LogP contribution in [-0.4, -0.2) is 21.1 Å². The summed E-state index contributed by atoms with van der Waals surface area (Å²) in [5.41, 5.74) is 7.96. The first-order valence-electron chi connectivity index (χ1n) is 7.81. The van der Waals surface area contributed by atoms with Crippen LogP contribution in [0.2, 0.25) is 0 Å². The van der Waals surface area contributed by atoms with Crippen molar-refractivity contribution in [2.24, 2.45) is 0 Å². The van der Waals surface area contributed by atoms with Crippen molar-refractivity contribution in [1.82, 2.24) is 20.5 Å². The van der Waals surface area contributed by atoms with Crippen LogP contribution in [0.25, 0.3) is 10.4 Å². The second-order valence-corrected chi connectivity index (χ2v) is 6.68. The zero-order chi connectivity index (χ0) is 17.1. The second-order valence-electron chi connectivity index (χ2n) is 5.83. The van der Waals surface area contributed by atoms with Crippen molar-refractivity contribution in [1.29, 1.82) is 0 Å². The lowest BCUT2D eigenvalue weighted by Gasteiger charge is -2.07. The van der Waals surface area contributed by atoms with Gasteiger partial charge in [-0.3, -0.25) is 9.89 Å². The van der Waals surface area contributed by atoms with Gasteiger partial charge in [0.15, 0.2) is 0 Å². The van der Waals surface area contributed by atoms with E-state index in [0.717, 1.165) is 33.8 Å². The second kappa shape index (κ2) is 6.97. The van der Waals surface area contributed by atoms with Crippen LogP contribution in [0.1, 0.15) is 28.2 Å². The van der Waals surface area contributed by atoms with E-state index < -0.39 is 0 Å². The minimum atomic E-state index is 0.00461. The third-order valence-corrected chi connectivity index (χ3v) is 5.05. The Labute approximate surface area is 145 Å². The van der Waals surface area contributed by atoms with Gasteiger partial charge in [0.05, 0.1) is 28.2 Å². The fourth-order valence-electron chi connectivity index (χ4n) is 2.61. The first-order chi connectivity index (χ1) is 11.5. The summed E-state index contributed by atoms with van der Waals surface area (Å²) >= 11 is 1.64. The standard InChI is InChI=1S/C18H20N4OS/c1-11-16(12(2)22-21-11)8-17(23)19-9-14-4-6-15(7-5-14)18-13(3)20-10-24-18/h4-7,10H,8-9H2,1-3H3,(H,19,23)(H,21,22). The Morgan fingerprint density at radius 3 is 2.50 bits per heavy atom. The molecule has 2 heterocycles. The molecule has 2 N–H and O–H groups in total. The Morgan fingerprint density at radius 1 is 1.17 bits per heavy atom. The van der Waals surface area contributed by atoms with Gasteiger partial charge in [0, 0.05) is 17.8 Å². The highest BCUT2D eigenvalue weighted by molar-refractivity contribution is 7.13. The number of carbonyl (C=O) groups excluding carboxylic acids is 1. The molecule has 2 aromatic heterocycles. The van der Waals surface area contributed by atoms with Crippen LogP contribution >= 0.6 is 11.3 Å². The number of rotatable bonds is 5. The molecule has 0 spiro atoms. The number of hydrogen-bond donors (Lipinski definition) is 2. The number of H-pyrrole nitrogens is 1. The largest absolute Gasteiger partial charge is 0.352 e. The molecule has 1 amide bonds. The molecule has 3 rings (SSSR count). The molecule has 24 heavy (non-hydrogen) atoms. The monoisotopic (exact) mass is 340 g/mol. The topological polar surface area (TPSA) is 70.7 Å². The zero-order valence-electron chi connectivity index (χ0n) is 14.0. The first kappa shape index (κ1) is 16.4. The van der Waals surface area contributed by atoms with E-state index in [1.54, 1.807) is 11.3 Å². The van der Waals surface area contributed by atoms with Crippen LogP contribution in [0.5, 0.6) is 0 Å². The number of aryl methyl sites for hydroxylation is 3. The van der Waals surface area contributed by atoms with Gasteiger partial charge >= 0.3 is 0 Å². The molecule has 0 fully saturated rings. The van der Waals surface area contributed by atoms with E-state index in [4.69, 9.17) is 0 Å². The van der Waals surface area contributed by atoms with Crippen LogP contribution in [-0.2, 0) is 17.8 Å². The number of aromatic nitrogens is 3. The Kier molecular flexibility index (Phi) is 4.76. The van der Waals surface area contributed by atoms with Gasteiger partial charge in [0.2, 0.25) is 5.91 Å². The van der Waals surface area contributed by atoms with E-state index >= 15 is 0 Å². The first-order valence-corrected chi connectivity index (χ1v) is 8.69. The quantitative estimate of drug-likeness (QED) is 0.748. The molecule has 5 nitrogen and oxygen atoms in total. The van der Waals surface area contributed by atoms with Crippen LogP contribution in [0.3, 0.4) is 0 Å². The molecule has 0 unspecified atom stereocenters. The Hall–Kier alpha value is -2.47. The van der Waals surface area contributed by atoms with Crippen molar-refractivity contribution in [3.63, 3.8) is 0 Å². The molecule has 0 saturated carbocycles. The molecule has 0 aliphatic rings. The van der Waals surface area contributed by atoms with Crippen LogP contribution in [0.4, 0.5) is 0 Å². The van der Waals surface area contributed by atoms with Crippen LogP contribution in [0, 0.1) is 20.8 Å². The molecule has 0 saturated heterocycles. The van der Waals surface area contributed by atoms with Crippen LogP contribution < -0.4 is 5.32 Å². The summed E-state index contributed by atoms with van der Waals surface area (Å²) in [4.78, 5) is 17.6. The third-order valence-electron chi connectivity index (χ3n) is 4.07. The molecule has 0 aliphatic carbocycles. The summed E-state index contributed by atoms with van der Waals surface area (Å²) in [5.74, 6) is 0.00461. The average molecular weight is 340 g/mol. The number of nitrogens with one attached hydrogen (secondary N) is 2. The van der Waals surface area contributed by atoms with Crippen molar-refractivity contribution in [3.8, 4) is 10.4 Å². The molecule has 1 aromatic carbocycles. The Bertz CT molecular complexity index is 829. The van der Waals surface area contributed by atoms with Crippen molar-refractivity contribution in [3.05, 3.63) is 58.0 Å². The number of aromatic amines is 1. The highest BCUT2D eigenvalue weighted by Crippen LogP contribution is 2.27. The van der Waals surface area contributed by atoms with Gasteiger partial charge in [-0.1, -0.05) is 24.3 Å². The van der Waals surface area contributed by atoms with E-state index in [-0.39, 0.29) is 5.91 Å². The van der Waals surface area contributed by atoms with Gasteiger partial charge in [-0.05, 0) is 31.9 Å². The van der Waals surface area contributed by atoms with Gasteiger partial charge in [-0.15, -0.1) is 11.3 Å². The number of hydrogen-bond acceptors (Lipinski definition) is 4. The van der Waals surface area contributed by atoms with E-state index in [2.05, 4.69) is 32.6 Å². The fourth-order valence-corrected chi connectivity index (χ4v) is 3.42. The fraction of sp³-hybridized carbons (Fsp3) is 0.278. The summed E-state index contributed by atoms with van der Waals surface area (Å²) < 4.78 is 0. The smallest absolute Gasteiger partial charge is 0.224 e. The van der Waals surface area contributed by atoms with Gasteiger partial charge in [0.25, 0.3) is 0 Å². The lowest BCUT2D eigenvalue weighted by Crippen LogP contribution is -2.24. The normalized spacial score (nSPS) is 10.8. The molecular weight excluding hydrogens is 320 g/mol. The van der Waals surface area contributed by atoms with Crippen molar-refractivity contribution < 1.29 is 4.79 Å². The summed E-state index contributed by atoms with van der Waals surface area (Å²) in [6.45, 7) is 6.38. The minimum absolute atomic E-state index is 0.00461. The summed E-state index contributed by atoms with van der Waals surface area (Å²) in [5, 5.41) is 9.99. The van der Waals surface area contributed by atoms with Crippen molar-refractivity contribution in [2.45, 2.75) is 33.7 Å². The highest BCUT2D eigenvalue weighted by atomic mass is 32.1. The van der Waals surface area contributed by atoms with Gasteiger partial charge < -0.3 is 5.32 Å². The highest BCUT2D eigenvalue weighted by Gasteiger charge is 2.11. The molecule has 0 radical (unpaired) electrons. The third kappa shape index (κ3) is 3.54. The van der Waals surface area contributed by atoms with E-state index in [0.29, 0.717) is 13.0 Å². The summed E-state index contributed by atoms with van der Waals surface area (Å²) in [6.07, 6.45) is 0.353. The van der Waals surface area contributed by atoms with E-state index in [9.17, 15) is 4.79 Å². The van der Waals surface area contributed by atoms with Crippen LogP contribution in [0.15, 0.2) is 29.8 Å². The summed E-state index contributed by atoms with van der Waals surface area (Å²) in [6, 6.07) is 8.24. The molecule has 0 bridgehead atoms.